The summed E-state index contributed by atoms with van der Waals surface area (Å²) in [6.07, 6.45) is 0.474. The lowest BCUT2D eigenvalue weighted by molar-refractivity contribution is 0.600. The van der Waals surface area contributed by atoms with Crippen LogP contribution in [0.1, 0.15) is 5.56 Å². The van der Waals surface area contributed by atoms with Crippen LogP contribution in [0.3, 0.4) is 0 Å². The second-order valence-corrected chi connectivity index (χ2v) is 7.09. The van der Waals surface area contributed by atoms with Gasteiger partial charge in [-0.25, -0.2) is 8.42 Å². The summed E-state index contributed by atoms with van der Waals surface area (Å²) in [6.45, 7) is 0. The normalized spacial score (nSPS) is 11.2. The monoisotopic (exact) mass is 354 g/mol. The average molecular weight is 355 g/mol. The Bertz CT molecular complexity index is 688. The minimum Gasteiger partial charge on any atom is -0.398 e. The molecule has 4 nitrogen and oxygen atoms in total. The standard InChI is InChI=1S/C14H15BrN2O2S/c15-13-7-6-12(10-14(13)16)17-20(18,19)9-8-11-4-2-1-3-5-11/h1-7,10,17H,8-9,16H2. The molecule has 0 aliphatic carbocycles. The molecule has 0 fully saturated rings. The van der Waals surface area contributed by atoms with Gasteiger partial charge in [0, 0.05) is 10.2 Å². The van der Waals surface area contributed by atoms with E-state index in [4.69, 9.17) is 5.73 Å². The first kappa shape index (κ1) is 14.9. The molecule has 0 radical (unpaired) electrons. The van der Waals surface area contributed by atoms with E-state index in [1.165, 1.54) is 0 Å². The van der Waals surface area contributed by atoms with Crippen molar-refractivity contribution in [3.05, 3.63) is 58.6 Å². The minimum absolute atomic E-state index is 0.0347. The molecule has 0 aliphatic heterocycles. The van der Waals surface area contributed by atoms with Crippen molar-refractivity contribution < 1.29 is 8.42 Å². The Morgan fingerprint density at radius 2 is 1.80 bits per heavy atom. The molecule has 0 heterocycles. The third-order valence-electron chi connectivity index (χ3n) is 2.77. The molecule has 6 heteroatoms. The lowest BCUT2D eigenvalue weighted by Crippen LogP contribution is -2.18. The van der Waals surface area contributed by atoms with Crippen molar-refractivity contribution in [3.8, 4) is 0 Å². The summed E-state index contributed by atoms with van der Waals surface area (Å²) in [7, 11) is -3.38. The van der Waals surface area contributed by atoms with Crippen molar-refractivity contribution in [1.29, 1.82) is 0 Å². The topological polar surface area (TPSA) is 72.2 Å². The van der Waals surface area contributed by atoms with Crippen molar-refractivity contribution in [2.24, 2.45) is 0 Å². The van der Waals surface area contributed by atoms with Gasteiger partial charge in [-0.05, 0) is 46.1 Å². The molecular formula is C14H15BrN2O2S. The highest BCUT2D eigenvalue weighted by atomic mass is 79.9. The smallest absolute Gasteiger partial charge is 0.233 e. The van der Waals surface area contributed by atoms with E-state index < -0.39 is 10.0 Å². The highest BCUT2D eigenvalue weighted by molar-refractivity contribution is 9.10. The van der Waals surface area contributed by atoms with E-state index in [0.717, 1.165) is 10.0 Å². The van der Waals surface area contributed by atoms with Crippen LogP contribution in [-0.4, -0.2) is 14.2 Å². The minimum atomic E-state index is -3.38. The Hall–Kier alpha value is -1.53. The molecule has 0 aliphatic rings. The fourth-order valence-electron chi connectivity index (χ4n) is 1.73. The van der Waals surface area contributed by atoms with E-state index in [1.807, 2.05) is 30.3 Å². The number of nitrogens with two attached hydrogens (primary N) is 1. The molecule has 2 rings (SSSR count). The van der Waals surface area contributed by atoms with Crippen LogP contribution in [0.5, 0.6) is 0 Å². The summed E-state index contributed by atoms with van der Waals surface area (Å²) in [5, 5.41) is 0. The van der Waals surface area contributed by atoms with E-state index in [-0.39, 0.29) is 5.75 Å². The Kier molecular flexibility index (Phi) is 4.67. The Morgan fingerprint density at radius 1 is 1.10 bits per heavy atom. The fourth-order valence-corrected chi connectivity index (χ4v) is 3.07. The van der Waals surface area contributed by atoms with Crippen molar-refractivity contribution in [3.63, 3.8) is 0 Å². The van der Waals surface area contributed by atoms with Crippen LogP contribution in [0, 0.1) is 0 Å². The van der Waals surface area contributed by atoms with Gasteiger partial charge in [-0.1, -0.05) is 30.3 Å². The van der Waals surface area contributed by atoms with Gasteiger partial charge in [-0.2, -0.15) is 0 Å². The third kappa shape index (κ3) is 4.25. The summed E-state index contributed by atoms with van der Waals surface area (Å²) < 4.78 is 27.3. The van der Waals surface area contributed by atoms with E-state index in [0.29, 0.717) is 17.8 Å². The van der Waals surface area contributed by atoms with Gasteiger partial charge < -0.3 is 5.73 Å². The van der Waals surface area contributed by atoms with E-state index >= 15 is 0 Å². The lowest BCUT2D eigenvalue weighted by Gasteiger charge is -2.09. The lowest BCUT2D eigenvalue weighted by atomic mass is 10.2. The largest absolute Gasteiger partial charge is 0.398 e. The SMILES string of the molecule is Nc1cc(NS(=O)(=O)CCc2ccccc2)ccc1Br. The Labute approximate surface area is 127 Å². The van der Waals surface area contributed by atoms with Gasteiger partial charge in [0.2, 0.25) is 10.0 Å². The van der Waals surface area contributed by atoms with Crippen LogP contribution in [0.25, 0.3) is 0 Å². The molecule has 0 saturated heterocycles. The van der Waals surface area contributed by atoms with Crippen LogP contribution in [0.4, 0.5) is 11.4 Å². The Morgan fingerprint density at radius 3 is 2.45 bits per heavy atom. The van der Waals surface area contributed by atoms with Crippen molar-refractivity contribution >= 4 is 37.3 Å². The number of hydrogen-bond donors (Lipinski definition) is 2. The predicted octanol–water partition coefficient (Wildman–Crippen LogP) is 3.02. The fraction of sp³-hybridized carbons (Fsp3) is 0.143. The number of nitrogens with one attached hydrogen (secondary N) is 1. The zero-order valence-corrected chi connectivity index (χ0v) is 13.1. The van der Waals surface area contributed by atoms with Gasteiger partial charge in [-0.3, -0.25) is 4.72 Å². The molecule has 0 atom stereocenters. The second-order valence-electron chi connectivity index (χ2n) is 4.39. The predicted molar refractivity (Wildman–Crippen MR) is 86.1 cm³/mol. The highest BCUT2D eigenvalue weighted by Crippen LogP contribution is 2.23. The van der Waals surface area contributed by atoms with Crippen LogP contribution in [-0.2, 0) is 16.4 Å². The van der Waals surface area contributed by atoms with Crippen LogP contribution in [0.15, 0.2) is 53.0 Å². The second kappa shape index (κ2) is 6.28. The first-order valence-electron chi connectivity index (χ1n) is 6.06. The van der Waals surface area contributed by atoms with Gasteiger partial charge in [-0.15, -0.1) is 0 Å². The molecule has 0 unspecified atom stereocenters. The molecule has 0 bridgehead atoms. The van der Waals surface area contributed by atoms with Gasteiger partial charge >= 0.3 is 0 Å². The molecule has 2 aromatic carbocycles. The Balaban J connectivity index is 2.02. The molecule has 0 aromatic heterocycles. The molecular weight excluding hydrogens is 340 g/mol. The molecule has 0 spiro atoms. The molecule has 3 N–H and O–H groups in total. The summed E-state index contributed by atoms with van der Waals surface area (Å²) >= 11 is 3.27. The zero-order chi connectivity index (χ0) is 14.6. The maximum atomic E-state index is 12.0. The molecule has 20 heavy (non-hydrogen) atoms. The van der Waals surface area contributed by atoms with Gasteiger partial charge in [0.15, 0.2) is 0 Å². The van der Waals surface area contributed by atoms with Crippen LogP contribution in [0.2, 0.25) is 0 Å². The number of aryl methyl sites for hydroxylation is 1. The first-order valence-corrected chi connectivity index (χ1v) is 8.50. The summed E-state index contributed by atoms with van der Waals surface area (Å²) in [5.74, 6) is 0.0347. The molecule has 2 aromatic rings. The number of nitrogen functional groups attached to an aromatic ring is 1. The van der Waals surface area contributed by atoms with Crippen LogP contribution >= 0.6 is 15.9 Å². The quantitative estimate of drug-likeness (QED) is 0.810. The molecule has 0 amide bonds. The average Bonchev–Trinajstić information content (AvgIpc) is 2.42. The van der Waals surface area contributed by atoms with E-state index in [2.05, 4.69) is 20.7 Å². The van der Waals surface area contributed by atoms with Crippen molar-refractivity contribution in [1.82, 2.24) is 0 Å². The van der Waals surface area contributed by atoms with Gasteiger partial charge in [0.1, 0.15) is 0 Å². The highest BCUT2D eigenvalue weighted by Gasteiger charge is 2.11. The van der Waals surface area contributed by atoms with Crippen molar-refractivity contribution in [2.75, 3.05) is 16.2 Å². The maximum Gasteiger partial charge on any atom is 0.233 e. The number of rotatable bonds is 5. The van der Waals surface area contributed by atoms with Gasteiger partial charge in [0.25, 0.3) is 0 Å². The summed E-state index contributed by atoms with van der Waals surface area (Å²) in [5.41, 5.74) is 7.68. The number of sulfonamides is 1. The summed E-state index contributed by atoms with van der Waals surface area (Å²) in [4.78, 5) is 0. The van der Waals surface area contributed by atoms with Crippen molar-refractivity contribution in [2.45, 2.75) is 6.42 Å². The zero-order valence-electron chi connectivity index (χ0n) is 10.7. The number of benzene rings is 2. The number of halogens is 1. The molecule has 106 valence electrons. The number of hydrogen-bond acceptors (Lipinski definition) is 3. The van der Waals surface area contributed by atoms with E-state index in [1.54, 1.807) is 18.2 Å². The van der Waals surface area contributed by atoms with Gasteiger partial charge in [0.05, 0.1) is 11.4 Å². The maximum absolute atomic E-state index is 12.0. The third-order valence-corrected chi connectivity index (χ3v) is 4.78. The number of anilines is 2. The molecule has 0 saturated carbocycles. The first-order chi connectivity index (χ1) is 9.46. The summed E-state index contributed by atoms with van der Waals surface area (Å²) in [6, 6.07) is 14.5. The van der Waals surface area contributed by atoms with E-state index in [9.17, 15) is 8.42 Å². The van der Waals surface area contributed by atoms with Crippen LogP contribution < -0.4 is 10.5 Å².